The molecule has 0 aliphatic heterocycles. The molecule has 0 saturated carbocycles. The van der Waals surface area contributed by atoms with Crippen LogP contribution in [0, 0.1) is 5.82 Å². The SMILES string of the molecule is CC(C)Oc1cc(NCCCS(C)(=O)=O)c(N)cc1F. The van der Waals surface area contributed by atoms with E-state index in [-0.39, 0.29) is 23.3 Å². The van der Waals surface area contributed by atoms with Gasteiger partial charge >= 0.3 is 0 Å². The van der Waals surface area contributed by atoms with Crippen molar-refractivity contribution >= 4 is 21.2 Å². The Kier molecular flexibility index (Phi) is 5.62. The number of hydrogen-bond donors (Lipinski definition) is 2. The minimum atomic E-state index is -2.98. The third-order valence-corrected chi connectivity index (χ3v) is 3.50. The highest BCUT2D eigenvalue weighted by molar-refractivity contribution is 7.90. The van der Waals surface area contributed by atoms with E-state index in [4.69, 9.17) is 10.5 Å². The van der Waals surface area contributed by atoms with Crippen LogP contribution in [-0.4, -0.2) is 33.1 Å². The van der Waals surface area contributed by atoms with Crippen LogP contribution in [0.4, 0.5) is 15.8 Å². The predicted molar refractivity (Wildman–Crippen MR) is 79.4 cm³/mol. The van der Waals surface area contributed by atoms with Gasteiger partial charge in [0.25, 0.3) is 0 Å². The van der Waals surface area contributed by atoms with E-state index in [9.17, 15) is 12.8 Å². The number of sulfone groups is 1. The minimum absolute atomic E-state index is 0.0937. The van der Waals surface area contributed by atoms with Crippen LogP contribution in [0.15, 0.2) is 12.1 Å². The van der Waals surface area contributed by atoms with Crippen LogP contribution in [0.25, 0.3) is 0 Å². The number of nitrogens with one attached hydrogen (secondary N) is 1. The van der Waals surface area contributed by atoms with Crippen LogP contribution >= 0.6 is 0 Å². The zero-order valence-corrected chi connectivity index (χ0v) is 12.8. The second-order valence-corrected chi connectivity index (χ2v) is 7.21. The van der Waals surface area contributed by atoms with Crippen LogP contribution < -0.4 is 15.8 Å². The maximum atomic E-state index is 13.6. The molecular weight excluding hydrogens is 283 g/mol. The molecule has 0 spiro atoms. The maximum Gasteiger partial charge on any atom is 0.167 e. The topological polar surface area (TPSA) is 81.4 Å². The Bertz CT molecular complexity index is 559. The van der Waals surface area contributed by atoms with Gasteiger partial charge in [0.05, 0.1) is 23.2 Å². The molecule has 3 N–H and O–H groups in total. The first-order valence-corrected chi connectivity index (χ1v) is 8.42. The van der Waals surface area contributed by atoms with Gasteiger partial charge in [-0.25, -0.2) is 12.8 Å². The number of benzene rings is 1. The quantitative estimate of drug-likeness (QED) is 0.595. The first-order valence-electron chi connectivity index (χ1n) is 6.36. The summed E-state index contributed by atoms with van der Waals surface area (Å²) < 4.78 is 41.0. The number of halogens is 1. The molecule has 0 atom stereocenters. The summed E-state index contributed by atoms with van der Waals surface area (Å²) in [7, 11) is -2.98. The number of nitrogens with two attached hydrogens (primary N) is 1. The molecule has 114 valence electrons. The fourth-order valence-corrected chi connectivity index (χ4v) is 2.29. The van der Waals surface area contributed by atoms with Crippen LogP contribution in [0.2, 0.25) is 0 Å². The summed E-state index contributed by atoms with van der Waals surface area (Å²) in [5, 5.41) is 2.99. The van der Waals surface area contributed by atoms with Gasteiger partial charge in [-0.2, -0.15) is 0 Å². The zero-order chi connectivity index (χ0) is 15.3. The Morgan fingerprint density at radius 2 is 2.05 bits per heavy atom. The number of rotatable bonds is 7. The van der Waals surface area contributed by atoms with Crippen molar-refractivity contribution in [3.05, 3.63) is 17.9 Å². The van der Waals surface area contributed by atoms with Crippen molar-refractivity contribution < 1.29 is 17.5 Å². The third-order valence-electron chi connectivity index (χ3n) is 2.47. The van der Waals surface area contributed by atoms with E-state index in [1.165, 1.54) is 18.4 Å². The highest BCUT2D eigenvalue weighted by Gasteiger charge is 2.10. The number of hydrogen-bond acceptors (Lipinski definition) is 5. The molecule has 0 aliphatic carbocycles. The maximum absolute atomic E-state index is 13.6. The summed E-state index contributed by atoms with van der Waals surface area (Å²) in [6.45, 7) is 4.04. The molecule has 0 saturated heterocycles. The Balaban J connectivity index is 2.69. The van der Waals surface area contributed by atoms with Gasteiger partial charge in [-0.05, 0) is 20.3 Å². The molecule has 0 radical (unpaired) electrons. The highest BCUT2D eigenvalue weighted by atomic mass is 32.2. The van der Waals surface area contributed by atoms with Gasteiger partial charge in [-0.1, -0.05) is 0 Å². The van der Waals surface area contributed by atoms with E-state index in [1.807, 2.05) is 0 Å². The molecule has 0 heterocycles. The van der Waals surface area contributed by atoms with Crippen LogP contribution in [0.1, 0.15) is 20.3 Å². The molecule has 20 heavy (non-hydrogen) atoms. The summed E-state index contributed by atoms with van der Waals surface area (Å²) in [4.78, 5) is 0. The third kappa shape index (κ3) is 5.64. The van der Waals surface area contributed by atoms with Crippen LogP contribution in [0.3, 0.4) is 0 Å². The van der Waals surface area contributed by atoms with Crippen molar-refractivity contribution in [1.29, 1.82) is 0 Å². The molecule has 0 amide bonds. The first-order chi connectivity index (χ1) is 9.19. The van der Waals surface area contributed by atoms with Gasteiger partial charge in [0.1, 0.15) is 9.84 Å². The van der Waals surface area contributed by atoms with Gasteiger partial charge in [0.15, 0.2) is 11.6 Å². The number of nitrogen functional groups attached to an aromatic ring is 1. The lowest BCUT2D eigenvalue weighted by molar-refractivity contribution is 0.231. The Hall–Kier alpha value is -1.50. The van der Waals surface area contributed by atoms with E-state index in [1.54, 1.807) is 13.8 Å². The van der Waals surface area contributed by atoms with Gasteiger partial charge in [0, 0.05) is 24.9 Å². The van der Waals surface area contributed by atoms with Gasteiger partial charge < -0.3 is 15.8 Å². The molecule has 1 aromatic rings. The van der Waals surface area contributed by atoms with Gasteiger partial charge in [-0.3, -0.25) is 0 Å². The normalized spacial score (nSPS) is 11.7. The molecule has 0 bridgehead atoms. The largest absolute Gasteiger partial charge is 0.488 e. The Morgan fingerprint density at radius 1 is 1.40 bits per heavy atom. The lowest BCUT2D eigenvalue weighted by Gasteiger charge is -2.15. The predicted octanol–water partition coefficient (Wildman–Crippen LogP) is 2.04. The molecule has 0 aromatic heterocycles. The molecule has 7 heteroatoms. The fourth-order valence-electron chi connectivity index (χ4n) is 1.62. The van der Waals surface area contributed by atoms with Crippen molar-refractivity contribution in [2.24, 2.45) is 0 Å². The smallest absolute Gasteiger partial charge is 0.167 e. The molecule has 0 unspecified atom stereocenters. The summed E-state index contributed by atoms with van der Waals surface area (Å²) in [5.41, 5.74) is 6.51. The van der Waals surface area contributed by atoms with Crippen LogP contribution in [-0.2, 0) is 9.84 Å². The molecule has 5 nitrogen and oxygen atoms in total. The highest BCUT2D eigenvalue weighted by Crippen LogP contribution is 2.28. The van der Waals surface area contributed by atoms with Crippen molar-refractivity contribution in [2.45, 2.75) is 26.4 Å². The van der Waals surface area contributed by atoms with E-state index in [0.717, 1.165) is 0 Å². The van der Waals surface area contributed by atoms with Crippen molar-refractivity contribution in [2.75, 3.05) is 29.6 Å². The summed E-state index contributed by atoms with van der Waals surface area (Å²) in [5.74, 6) is -0.297. The van der Waals surface area contributed by atoms with E-state index >= 15 is 0 Å². The molecule has 0 aliphatic rings. The average Bonchev–Trinajstić information content (AvgIpc) is 2.28. The summed E-state index contributed by atoms with van der Waals surface area (Å²) in [6, 6.07) is 2.68. The monoisotopic (exact) mass is 304 g/mol. The lowest BCUT2D eigenvalue weighted by Crippen LogP contribution is -2.12. The van der Waals surface area contributed by atoms with Crippen LogP contribution in [0.5, 0.6) is 5.75 Å². The summed E-state index contributed by atoms with van der Waals surface area (Å²) >= 11 is 0. The van der Waals surface area contributed by atoms with E-state index in [2.05, 4.69) is 5.32 Å². The Morgan fingerprint density at radius 3 is 2.60 bits per heavy atom. The standard InChI is InChI=1S/C13H21FN2O3S/c1-9(2)19-13-8-12(11(15)7-10(13)14)16-5-4-6-20(3,17)18/h7-9,16H,4-6,15H2,1-3H3. The van der Waals surface area contributed by atoms with Gasteiger partial charge in [-0.15, -0.1) is 0 Å². The lowest BCUT2D eigenvalue weighted by atomic mass is 10.2. The van der Waals surface area contributed by atoms with Gasteiger partial charge in [0.2, 0.25) is 0 Å². The number of anilines is 2. The van der Waals surface area contributed by atoms with Crippen molar-refractivity contribution in [3.8, 4) is 5.75 Å². The summed E-state index contributed by atoms with van der Waals surface area (Å²) in [6.07, 6.45) is 1.50. The van der Waals surface area contributed by atoms with E-state index in [0.29, 0.717) is 18.7 Å². The zero-order valence-electron chi connectivity index (χ0n) is 11.9. The van der Waals surface area contributed by atoms with Crippen molar-refractivity contribution in [3.63, 3.8) is 0 Å². The number of ether oxygens (including phenoxy) is 1. The molecule has 0 fully saturated rings. The molecule has 1 aromatic carbocycles. The fraction of sp³-hybridized carbons (Fsp3) is 0.538. The van der Waals surface area contributed by atoms with Crippen molar-refractivity contribution in [1.82, 2.24) is 0 Å². The Labute approximate surface area is 119 Å². The second-order valence-electron chi connectivity index (χ2n) is 4.95. The molecule has 1 rings (SSSR count). The van der Waals surface area contributed by atoms with E-state index < -0.39 is 15.7 Å². The second kappa shape index (κ2) is 6.78. The molecular formula is C13H21FN2O3S. The average molecular weight is 304 g/mol. The first kappa shape index (κ1) is 16.6. The minimum Gasteiger partial charge on any atom is -0.488 e.